The maximum Gasteiger partial charge on any atom is 0.273 e. The number of nitrogens with one attached hydrogen (secondary N) is 1. The highest BCUT2D eigenvalue weighted by atomic mass is 16.6. The molecule has 0 aliphatic heterocycles. The Kier molecular flexibility index (Phi) is 6.29. The van der Waals surface area contributed by atoms with Gasteiger partial charge in [0.1, 0.15) is 0 Å². The Balaban J connectivity index is 1.51. The van der Waals surface area contributed by atoms with Crippen LogP contribution in [-0.2, 0) is 6.54 Å². The molecule has 0 bridgehead atoms. The highest BCUT2D eigenvalue weighted by molar-refractivity contribution is 5.95. The first-order valence-electron chi connectivity index (χ1n) is 10.8. The van der Waals surface area contributed by atoms with Crippen LogP contribution in [0, 0.1) is 16.0 Å². The topological polar surface area (TPSA) is 119 Å². The number of hydrogen-bond acceptors (Lipinski definition) is 6. The van der Waals surface area contributed by atoms with Crippen molar-refractivity contribution in [2.75, 3.05) is 6.54 Å². The molecule has 0 unspecified atom stereocenters. The largest absolute Gasteiger partial charge is 0.359 e. The molecule has 2 fully saturated rings. The Hall–Kier alpha value is -3.23. The van der Waals surface area contributed by atoms with Crippen molar-refractivity contribution < 1.29 is 19.0 Å². The highest BCUT2D eigenvalue weighted by Gasteiger charge is 2.29. The third kappa shape index (κ3) is 5.28. The highest BCUT2D eigenvalue weighted by Crippen LogP contribution is 2.28. The summed E-state index contributed by atoms with van der Waals surface area (Å²) < 4.78 is 5.36. The molecule has 1 aromatic carbocycles. The molecule has 1 aromatic heterocycles. The molecule has 9 heteroatoms. The van der Waals surface area contributed by atoms with Gasteiger partial charge in [0, 0.05) is 36.3 Å². The molecular formula is C22H26N4O5. The van der Waals surface area contributed by atoms with E-state index >= 15 is 0 Å². The quantitative estimate of drug-likeness (QED) is 0.508. The van der Waals surface area contributed by atoms with Crippen LogP contribution in [0.2, 0.25) is 0 Å². The molecule has 4 rings (SSSR count). The molecule has 0 spiro atoms. The molecule has 2 aliphatic rings. The summed E-state index contributed by atoms with van der Waals surface area (Å²) in [5.74, 6) is 0.411. The lowest BCUT2D eigenvalue weighted by Gasteiger charge is -2.33. The summed E-state index contributed by atoms with van der Waals surface area (Å²) in [6, 6.07) is 7.35. The fourth-order valence-corrected chi connectivity index (χ4v) is 3.99. The van der Waals surface area contributed by atoms with E-state index in [9.17, 15) is 19.7 Å². The summed E-state index contributed by atoms with van der Waals surface area (Å²) in [7, 11) is 0. The lowest BCUT2D eigenvalue weighted by Crippen LogP contribution is -2.41. The second-order valence-electron chi connectivity index (χ2n) is 8.36. The number of aromatic nitrogens is 1. The van der Waals surface area contributed by atoms with Crippen molar-refractivity contribution in [3.05, 3.63) is 57.5 Å². The number of non-ortho nitro benzene ring substituents is 1. The third-order valence-electron chi connectivity index (χ3n) is 5.95. The molecule has 2 amide bonds. The van der Waals surface area contributed by atoms with Crippen LogP contribution < -0.4 is 5.32 Å². The van der Waals surface area contributed by atoms with Crippen molar-refractivity contribution in [2.24, 2.45) is 5.92 Å². The summed E-state index contributed by atoms with van der Waals surface area (Å²) in [6.07, 6.45) is 7.18. The Morgan fingerprint density at radius 3 is 2.65 bits per heavy atom. The second kappa shape index (κ2) is 9.28. The van der Waals surface area contributed by atoms with Crippen LogP contribution in [0.4, 0.5) is 5.69 Å². The average molecular weight is 426 g/mol. The summed E-state index contributed by atoms with van der Waals surface area (Å²) in [6.45, 7) is 0.801. The van der Waals surface area contributed by atoms with Gasteiger partial charge in [0.2, 0.25) is 0 Å². The van der Waals surface area contributed by atoms with Crippen LogP contribution in [0.15, 0.2) is 34.9 Å². The van der Waals surface area contributed by atoms with E-state index in [2.05, 4.69) is 10.5 Å². The molecule has 164 valence electrons. The summed E-state index contributed by atoms with van der Waals surface area (Å²) in [4.78, 5) is 37.9. The Bertz CT molecular complexity index is 962. The van der Waals surface area contributed by atoms with Gasteiger partial charge in [0.15, 0.2) is 11.5 Å². The summed E-state index contributed by atoms with van der Waals surface area (Å²) >= 11 is 0. The zero-order valence-electron chi connectivity index (χ0n) is 17.3. The SMILES string of the molecule is O=C(NCC1CC1)c1cc(CN(C(=O)c2cccc([N+](=O)[O-])c2)C2CCCCC2)on1. The molecule has 9 nitrogen and oxygen atoms in total. The minimum absolute atomic E-state index is 0.0118. The molecular weight excluding hydrogens is 400 g/mol. The maximum absolute atomic E-state index is 13.3. The number of amides is 2. The van der Waals surface area contributed by atoms with Gasteiger partial charge in [-0.15, -0.1) is 0 Å². The van der Waals surface area contributed by atoms with Gasteiger partial charge in [-0.05, 0) is 37.7 Å². The molecule has 2 saturated carbocycles. The van der Waals surface area contributed by atoms with E-state index in [0.29, 0.717) is 18.2 Å². The third-order valence-corrected chi connectivity index (χ3v) is 5.95. The van der Waals surface area contributed by atoms with E-state index in [-0.39, 0.29) is 41.3 Å². The first-order valence-corrected chi connectivity index (χ1v) is 10.8. The van der Waals surface area contributed by atoms with Gasteiger partial charge in [-0.1, -0.05) is 30.5 Å². The number of nitro benzene ring substituents is 1. The van der Waals surface area contributed by atoms with E-state index in [1.807, 2.05) is 0 Å². The number of hydrogen-bond donors (Lipinski definition) is 1. The number of carbonyl (C=O) groups is 2. The fourth-order valence-electron chi connectivity index (χ4n) is 3.99. The van der Waals surface area contributed by atoms with Crippen molar-refractivity contribution in [1.82, 2.24) is 15.4 Å². The molecule has 0 atom stereocenters. The van der Waals surface area contributed by atoms with Crippen LogP contribution >= 0.6 is 0 Å². The molecule has 0 saturated heterocycles. The lowest BCUT2D eigenvalue weighted by molar-refractivity contribution is -0.384. The Morgan fingerprint density at radius 2 is 1.94 bits per heavy atom. The average Bonchev–Trinajstić information content (AvgIpc) is 3.51. The van der Waals surface area contributed by atoms with Crippen LogP contribution in [-0.4, -0.2) is 39.4 Å². The minimum Gasteiger partial charge on any atom is -0.359 e. The van der Waals surface area contributed by atoms with Crippen LogP contribution in [0.5, 0.6) is 0 Å². The van der Waals surface area contributed by atoms with Gasteiger partial charge >= 0.3 is 0 Å². The predicted octanol–water partition coefficient (Wildman–Crippen LogP) is 3.70. The van der Waals surface area contributed by atoms with Gasteiger partial charge < -0.3 is 14.7 Å². The smallest absolute Gasteiger partial charge is 0.273 e. The number of nitro groups is 1. The summed E-state index contributed by atoms with van der Waals surface area (Å²) in [5, 5.41) is 17.8. The Morgan fingerprint density at radius 1 is 1.16 bits per heavy atom. The monoisotopic (exact) mass is 426 g/mol. The molecule has 2 aliphatic carbocycles. The molecule has 2 aromatic rings. The molecule has 31 heavy (non-hydrogen) atoms. The van der Waals surface area contributed by atoms with E-state index < -0.39 is 4.92 Å². The standard InChI is InChI=1S/C22H26N4O5/c27-21(23-13-15-9-10-15)20-12-19(31-24-20)14-25(17-6-2-1-3-7-17)22(28)16-5-4-8-18(11-16)26(29)30/h4-5,8,11-12,15,17H,1-3,6-7,9-10,13-14H2,(H,23,27). The van der Waals surface area contributed by atoms with Crippen molar-refractivity contribution in [3.63, 3.8) is 0 Å². The molecule has 0 radical (unpaired) electrons. The number of nitrogens with zero attached hydrogens (tertiary/aromatic N) is 3. The van der Waals surface area contributed by atoms with Gasteiger partial charge in [0.25, 0.3) is 17.5 Å². The van der Waals surface area contributed by atoms with Crippen molar-refractivity contribution in [2.45, 2.75) is 57.5 Å². The zero-order chi connectivity index (χ0) is 21.8. The second-order valence-corrected chi connectivity index (χ2v) is 8.36. The number of benzene rings is 1. The Labute approximate surface area is 179 Å². The van der Waals surface area contributed by atoms with E-state index in [1.54, 1.807) is 17.0 Å². The fraction of sp³-hybridized carbons (Fsp3) is 0.500. The minimum atomic E-state index is -0.509. The van der Waals surface area contributed by atoms with Gasteiger partial charge in [0.05, 0.1) is 11.5 Å². The summed E-state index contributed by atoms with van der Waals surface area (Å²) in [5.41, 5.74) is 0.340. The van der Waals surface area contributed by atoms with Gasteiger partial charge in [-0.25, -0.2) is 0 Å². The van der Waals surface area contributed by atoms with Crippen LogP contribution in [0.25, 0.3) is 0 Å². The molecule has 1 N–H and O–H groups in total. The number of carbonyl (C=O) groups excluding carboxylic acids is 2. The van der Waals surface area contributed by atoms with Crippen LogP contribution in [0.3, 0.4) is 0 Å². The van der Waals surface area contributed by atoms with Gasteiger partial charge in [-0.2, -0.15) is 0 Å². The van der Waals surface area contributed by atoms with E-state index in [1.165, 1.54) is 18.2 Å². The number of rotatable bonds is 8. The normalized spacial score (nSPS) is 16.6. The van der Waals surface area contributed by atoms with Crippen molar-refractivity contribution >= 4 is 17.5 Å². The van der Waals surface area contributed by atoms with E-state index in [4.69, 9.17) is 4.52 Å². The lowest BCUT2D eigenvalue weighted by atomic mass is 9.93. The first kappa shape index (κ1) is 21.0. The van der Waals surface area contributed by atoms with Crippen LogP contribution in [0.1, 0.15) is 71.6 Å². The van der Waals surface area contributed by atoms with Crippen molar-refractivity contribution in [1.29, 1.82) is 0 Å². The predicted molar refractivity (Wildman–Crippen MR) is 111 cm³/mol. The maximum atomic E-state index is 13.3. The van der Waals surface area contributed by atoms with Crippen molar-refractivity contribution in [3.8, 4) is 0 Å². The zero-order valence-corrected chi connectivity index (χ0v) is 17.3. The molecule has 1 heterocycles. The van der Waals surface area contributed by atoms with Gasteiger partial charge in [-0.3, -0.25) is 19.7 Å². The van der Waals surface area contributed by atoms with E-state index in [0.717, 1.165) is 44.9 Å². The first-order chi connectivity index (χ1) is 15.0.